The van der Waals surface area contributed by atoms with E-state index in [9.17, 15) is 0 Å². The summed E-state index contributed by atoms with van der Waals surface area (Å²) in [6, 6.07) is 10.4. The van der Waals surface area contributed by atoms with E-state index in [-0.39, 0.29) is 0 Å². The summed E-state index contributed by atoms with van der Waals surface area (Å²) >= 11 is 0. The van der Waals surface area contributed by atoms with E-state index in [1.807, 2.05) is 42.1 Å². The van der Waals surface area contributed by atoms with Crippen molar-refractivity contribution in [1.29, 1.82) is 0 Å². The first kappa shape index (κ1) is 12.3. The molecule has 1 aliphatic rings. The van der Waals surface area contributed by atoms with E-state index in [4.69, 9.17) is 4.74 Å². The van der Waals surface area contributed by atoms with Crippen LogP contribution in [0.5, 0.6) is 0 Å². The molecule has 2 heterocycles. The molecule has 5 heteroatoms. The van der Waals surface area contributed by atoms with Crippen LogP contribution in [0.1, 0.15) is 5.82 Å². The second-order valence-corrected chi connectivity index (χ2v) is 4.77. The summed E-state index contributed by atoms with van der Waals surface area (Å²) in [6.07, 6.45) is 0.844. The minimum Gasteiger partial charge on any atom is -0.379 e. The van der Waals surface area contributed by atoms with Gasteiger partial charge in [-0.2, -0.15) is 5.10 Å². The van der Waals surface area contributed by atoms with Gasteiger partial charge in [0.2, 0.25) is 0 Å². The first-order chi connectivity index (χ1) is 9.33. The molecule has 19 heavy (non-hydrogen) atoms. The van der Waals surface area contributed by atoms with Crippen LogP contribution in [0.2, 0.25) is 0 Å². The second kappa shape index (κ2) is 5.50. The smallest absolute Gasteiger partial charge is 0.181 e. The fraction of sp³-hybridized carbons (Fsp3) is 0.429. The third-order valence-electron chi connectivity index (χ3n) is 3.31. The van der Waals surface area contributed by atoms with Gasteiger partial charge in [0.25, 0.3) is 0 Å². The molecule has 100 valence electrons. The molecular formula is C14H18N4O. The zero-order valence-electron chi connectivity index (χ0n) is 11.0. The van der Waals surface area contributed by atoms with Crippen molar-refractivity contribution in [2.75, 3.05) is 19.8 Å². The van der Waals surface area contributed by atoms with Gasteiger partial charge in [-0.25, -0.2) is 4.98 Å². The summed E-state index contributed by atoms with van der Waals surface area (Å²) in [4.78, 5) is 4.63. The van der Waals surface area contributed by atoms with Crippen LogP contribution < -0.4 is 5.32 Å². The first-order valence-electron chi connectivity index (χ1n) is 6.59. The lowest BCUT2D eigenvalue weighted by atomic mass is 10.2. The van der Waals surface area contributed by atoms with Crippen LogP contribution >= 0.6 is 0 Å². The van der Waals surface area contributed by atoms with Crippen LogP contribution in [0.3, 0.4) is 0 Å². The van der Waals surface area contributed by atoms with Crippen LogP contribution in [-0.4, -0.2) is 40.6 Å². The molecule has 2 aromatic rings. The number of benzene rings is 1. The second-order valence-electron chi connectivity index (χ2n) is 4.77. The number of rotatable bonds is 3. The van der Waals surface area contributed by atoms with Gasteiger partial charge in [-0.15, -0.1) is 0 Å². The summed E-state index contributed by atoms with van der Waals surface area (Å²) < 4.78 is 7.33. The van der Waals surface area contributed by atoms with Gasteiger partial charge in [-0.1, -0.05) is 30.3 Å². The molecule has 0 spiro atoms. The summed E-state index contributed by atoms with van der Waals surface area (Å²) in [5, 5.41) is 7.92. The Labute approximate surface area is 112 Å². The molecule has 1 fully saturated rings. The van der Waals surface area contributed by atoms with E-state index in [1.54, 1.807) is 0 Å². The van der Waals surface area contributed by atoms with E-state index >= 15 is 0 Å². The molecule has 0 saturated carbocycles. The number of hydrogen-bond acceptors (Lipinski definition) is 4. The Bertz CT molecular complexity index is 532. The molecular weight excluding hydrogens is 240 g/mol. The number of aromatic nitrogens is 3. The number of ether oxygens (including phenoxy) is 1. The highest BCUT2D eigenvalue weighted by Crippen LogP contribution is 2.15. The minimum absolute atomic E-state index is 0.334. The lowest BCUT2D eigenvalue weighted by Crippen LogP contribution is -2.43. The maximum atomic E-state index is 5.47. The van der Waals surface area contributed by atoms with Crippen molar-refractivity contribution >= 4 is 0 Å². The Morgan fingerprint density at radius 3 is 2.95 bits per heavy atom. The zero-order chi connectivity index (χ0) is 13.1. The normalized spacial score (nSPS) is 19.5. The van der Waals surface area contributed by atoms with Gasteiger partial charge in [0.1, 0.15) is 5.82 Å². The highest BCUT2D eigenvalue weighted by atomic mass is 16.5. The van der Waals surface area contributed by atoms with Crippen molar-refractivity contribution in [2.24, 2.45) is 7.05 Å². The third-order valence-corrected chi connectivity index (χ3v) is 3.31. The van der Waals surface area contributed by atoms with Crippen molar-refractivity contribution < 1.29 is 4.74 Å². The lowest BCUT2D eigenvalue weighted by molar-refractivity contribution is 0.0761. The zero-order valence-corrected chi connectivity index (χ0v) is 11.0. The van der Waals surface area contributed by atoms with Crippen molar-refractivity contribution in [3.63, 3.8) is 0 Å². The molecule has 1 N–H and O–H groups in total. The summed E-state index contributed by atoms with van der Waals surface area (Å²) in [5.41, 5.74) is 1.05. The monoisotopic (exact) mass is 258 g/mol. The Hall–Kier alpha value is -1.72. The van der Waals surface area contributed by atoms with Gasteiger partial charge in [0.15, 0.2) is 5.82 Å². The van der Waals surface area contributed by atoms with E-state index in [2.05, 4.69) is 15.4 Å². The molecule has 1 aromatic carbocycles. The SMILES string of the molecule is Cn1nc(-c2ccccc2)nc1CC1COCCN1. The van der Waals surface area contributed by atoms with Gasteiger partial charge in [0.05, 0.1) is 13.2 Å². The van der Waals surface area contributed by atoms with Gasteiger partial charge < -0.3 is 10.1 Å². The van der Waals surface area contributed by atoms with E-state index in [0.29, 0.717) is 6.04 Å². The van der Waals surface area contributed by atoms with Crippen LogP contribution in [0.25, 0.3) is 11.4 Å². The minimum atomic E-state index is 0.334. The van der Waals surface area contributed by atoms with E-state index in [0.717, 1.165) is 43.4 Å². The number of morpholine rings is 1. The third kappa shape index (κ3) is 2.83. The van der Waals surface area contributed by atoms with Crippen molar-refractivity contribution in [2.45, 2.75) is 12.5 Å². The number of nitrogens with one attached hydrogen (secondary N) is 1. The highest BCUT2D eigenvalue weighted by Gasteiger charge is 2.17. The number of aryl methyl sites for hydroxylation is 1. The molecule has 0 aliphatic carbocycles. The maximum absolute atomic E-state index is 5.47. The molecule has 1 aliphatic heterocycles. The molecule has 0 radical (unpaired) electrons. The molecule has 3 rings (SSSR count). The molecule has 1 unspecified atom stereocenters. The summed E-state index contributed by atoms with van der Waals surface area (Å²) in [7, 11) is 1.94. The average Bonchev–Trinajstić information content (AvgIpc) is 2.82. The van der Waals surface area contributed by atoms with Gasteiger partial charge in [-0.05, 0) is 0 Å². The Morgan fingerprint density at radius 2 is 2.21 bits per heavy atom. The molecule has 5 nitrogen and oxygen atoms in total. The maximum Gasteiger partial charge on any atom is 0.181 e. The van der Waals surface area contributed by atoms with Crippen LogP contribution in [0, 0.1) is 0 Å². The Balaban J connectivity index is 1.77. The van der Waals surface area contributed by atoms with Crippen molar-refractivity contribution in [3.8, 4) is 11.4 Å². The van der Waals surface area contributed by atoms with E-state index < -0.39 is 0 Å². The lowest BCUT2D eigenvalue weighted by Gasteiger charge is -2.23. The Morgan fingerprint density at radius 1 is 1.37 bits per heavy atom. The summed E-state index contributed by atoms with van der Waals surface area (Å²) in [6.45, 7) is 2.45. The predicted molar refractivity (Wildman–Crippen MR) is 72.8 cm³/mol. The fourth-order valence-electron chi connectivity index (χ4n) is 2.28. The highest BCUT2D eigenvalue weighted by molar-refractivity contribution is 5.53. The topological polar surface area (TPSA) is 52.0 Å². The molecule has 0 bridgehead atoms. The predicted octanol–water partition coefficient (Wildman–Crippen LogP) is 1.01. The standard InChI is InChI=1S/C14H18N4O/c1-18-13(9-12-10-19-8-7-15-12)16-14(17-18)11-5-3-2-4-6-11/h2-6,12,15H,7-10H2,1H3. The van der Waals surface area contributed by atoms with Crippen LogP contribution in [0.4, 0.5) is 0 Å². The van der Waals surface area contributed by atoms with Gasteiger partial charge in [-0.3, -0.25) is 4.68 Å². The molecule has 1 saturated heterocycles. The van der Waals surface area contributed by atoms with E-state index in [1.165, 1.54) is 0 Å². The number of hydrogen-bond donors (Lipinski definition) is 1. The van der Waals surface area contributed by atoms with Crippen molar-refractivity contribution in [3.05, 3.63) is 36.2 Å². The largest absolute Gasteiger partial charge is 0.379 e. The van der Waals surface area contributed by atoms with Gasteiger partial charge in [0, 0.05) is 31.6 Å². The first-order valence-corrected chi connectivity index (χ1v) is 6.59. The van der Waals surface area contributed by atoms with Crippen molar-refractivity contribution in [1.82, 2.24) is 20.1 Å². The fourth-order valence-corrected chi connectivity index (χ4v) is 2.28. The van der Waals surface area contributed by atoms with Crippen LogP contribution in [0.15, 0.2) is 30.3 Å². The quantitative estimate of drug-likeness (QED) is 0.893. The molecule has 1 atom stereocenters. The molecule has 1 aromatic heterocycles. The summed E-state index contributed by atoms with van der Waals surface area (Å²) in [5.74, 6) is 1.77. The Kier molecular flexibility index (Phi) is 3.57. The van der Waals surface area contributed by atoms with Gasteiger partial charge >= 0.3 is 0 Å². The average molecular weight is 258 g/mol. The van der Waals surface area contributed by atoms with Crippen LogP contribution in [-0.2, 0) is 18.2 Å². The number of nitrogens with zero attached hydrogens (tertiary/aromatic N) is 3. The molecule has 0 amide bonds.